The Kier molecular flexibility index (Phi) is 16.7. The molecule has 4 aromatic carbocycles. The lowest BCUT2D eigenvalue weighted by Gasteiger charge is -2.24. The fraction of sp³-hybridized carbons (Fsp3) is 0.294. The van der Waals surface area contributed by atoms with Gasteiger partial charge in [-0.1, -0.05) is 148 Å². The molecule has 0 saturated heterocycles. The fourth-order valence-corrected chi connectivity index (χ4v) is 9.51. The SMILES string of the molecule is CCCOc1c2cc(C#CC3=CC=CC3)cc1Cc1cc(C#CC3=CC=CC3)cc(c1OCCC)Cc1cc(C#CC3=CC=CC3)cc(c1OCCC)Cc1cc(C#CC3=CC=CC3)cc(c1OCCC)C2. The van der Waals surface area contributed by atoms with E-state index in [1.54, 1.807) is 0 Å². The molecule has 0 radical (unpaired) electrons. The highest BCUT2D eigenvalue weighted by Gasteiger charge is 2.24. The van der Waals surface area contributed by atoms with E-state index < -0.39 is 0 Å². The molecule has 8 bridgehead atoms. The number of benzene rings is 4. The minimum atomic E-state index is 0.538. The Bertz CT molecular complexity index is 2720. The van der Waals surface area contributed by atoms with Crippen molar-refractivity contribution in [3.63, 3.8) is 0 Å². The molecule has 0 fully saturated rings. The lowest BCUT2D eigenvalue weighted by atomic mass is 9.88. The predicted octanol–water partition coefficient (Wildman–Crippen LogP) is 14.5. The van der Waals surface area contributed by atoms with Crippen LogP contribution in [0.1, 0.15) is 146 Å². The van der Waals surface area contributed by atoms with Crippen molar-refractivity contribution in [3.05, 3.63) is 210 Å². The highest BCUT2D eigenvalue weighted by molar-refractivity contribution is 5.63. The van der Waals surface area contributed by atoms with E-state index >= 15 is 0 Å². The second-order valence-corrected chi connectivity index (χ2v) is 18.9. The van der Waals surface area contributed by atoms with Crippen LogP contribution < -0.4 is 18.9 Å². The summed E-state index contributed by atoms with van der Waals surface area (Å²) >= 11 is 0. The highest BCUT2D eigenvalue weighted by atomic mass is 16.5. The first-order valence-electron chi connectivity index (χ1n) is 26.1. The van der Waals surface area contributed by atoms with Gasteiger partial charge in [-0.2, -0.15) is 0 Å². The highest BCUT2D eigenvalue weighted by Crippen LogP contribution is 2.41. The van der Waals surface area contributed by atoms with Crippen LogP contribution in [0.2, 0.25) is 0 Å². The third-order valence-electron chi connectivity index (χ3n) is 12.9. The van der Waals surface area contributed by atoms with Gasteiger partial charge < -0.3 is 18.9 Å². The molecule has 5 aliphatic carbocycles. The average molecular weight is 945 g/mol. The van der Waals surface area contributed by atoms with E-state index in [1.807, 2.05) is 0 Å². The maximum absolute atomic E-state index is 6.96. The van der Waals surface area contributed by atoms with Gasteiger partial charge in [0.2, 0.25) is 0 Å². The second-order valence-electron chi connectivity index (χ2n) is 18.9. The summed E-state index contributed by atoms with van der Waals surface area (Å²) in [5.41, 5.74) is 16.5. The normalized spacial score (nSPS) is 14.6. The number of hydrogen-bond acceptors (Lipinski definition) is 4. The lowest BCUT2D eigenvalue weighted by Crippen LogP contribution is -2.11. The zero-order valence-electron chi connectivity index (χ0n) is 42.5. The van der Waals surface area contributed by atoms with Crippen molar-refractivity contribution in [2.45, 2.75) is 105 Å². The number of rotatable bonds is 12. The number of fused-ring (bicyclic) bond motifs is 8. The van der Waals surface area contributed by atoms with Crippen LogP contribution in [0.25, 0.3) is 0 Å². The Morgan fingerprint density at radius 3 is 0.681 bits per heavy atom. The van der Waals surface area contributed by atoms with Gasteiger partial charge >= 0.3 is 0 Å². The summed E-state index contributed by atoms with van der Waals surface area (Å²) in [5.74, 6) is 31.9. The molecule has 72 heavy (non-hydrogen) atoms. The molecule has 4 heteroatoms. The van der Waals surface area contributed by atoms with Gasteiger partial charge in [-0.15, -0.1) is 0 Å². The quantitative estimate of drug-likeness (QED) is 0.117. The van der Waals surface area contributed by atoms with Gasteiger partial charge in [0.25, 0.3) is 0 Å². The van der Waals surface area contributed by atoms with Gasteiger partial charge in [0.05, 0.1) is 26.4 Å². The predicted molar refractivity (Wildman–Crippen MR) is 295 cm³/mol. The van der Waals surface area contributed by atoms with Crippen LogP contribution in [0.4, 0.5) is 0 Å². The summed E-state index contributed by atoms with van der Waals surface area (Å²) in [4.78, 5) is 0. The zero-order valence-corrected chi connectivity index (χ0v) is 42.5. The van der Waals surface area contributed by atoms with Crippen LogP contribution in [0.15, 0.2) is 144 Å². The van der Waals surface area contributed by atoms with Crippen molar-refractivity contribution in [2.75, 3.05) is 26.4 Å². The molecule has 4 nitrogen and oxygen atoms in total. The van der Waals surface area contributed by atoms with Gasteiger partial charge in [0, 0.05) is 115 Å². The monoisotopic (exact) mass is 944 g/mol. The molecule has 0 unspecified atom stereocenters. The summed E-state index contributed by atoms with van der Waals surface area (Å²) in [5, 5.41) is 0. The topological polar surface area (TPSA) is 36.9 Å². The smallest absolute Gasteiger partial charge is 0.126 e. The first kappa shape index (κ1) is 49.2. The van der Waals surface area contributed by atoms with E-state index in [-0.39, 0.29) is 0 Å². The molecule has 0 aliphatic heterocycles. The van der Waals surface area contributed by atoms with Gasteiger partial charge in [0.15, 0.2) is 0 Å². The number of allylic oxidation sites excluding steroid dienone is 16. The molecular formula is C68H64O4. The Balaban J connectivity index is 1.34. The van der Waals surface area contributed by atoms with Gasteiger partial charge in [0.1, 0.15) is 23.0 Å². The largest absolute Gasteiger partial charge is 0.493 e. The number of ether oxygens (including phenoxy) is 4. The summed E-state index contributed by atoms with van der Waals surface area (Å²) < 4.78 is 27.8. The molecule has 0 heterocycles. The maximum atomic E-state index is 6.96. The molecule has 360 valence electrons. The summed E-state index contributed by atoms with van der Waals surface area (Å²) in [7, 11) is 0. The molecule has 0 saturated carbocycles. The first-order valence-corrected chi connectivity index (χ1v) is 26.1. The van der Waals surface area contributed by atoms with Gasteiger partial charge in [-0.25, -0.2) is 0 Å². The van der Waals surface area contributed by atoms with Crippen LogP contribution in [0.3, 0.4) is 0 Å². The Morgan fingerprint density at radius 1 is 0.306 bits per heavy atom. The third-order valence-corrected chi connectivity index (χ3v) is 12.9. The maximum Gasteiger partial charge on any atom is 0.126 e. The molecule has 0 atom stereocenters. The second kappa shape index (κ2) is 24.4. The first-order chi connectivity index (χ1) is 35.5. The van der Waals surface area contributed by atoms with Crippen molar-refractivity contribution in [2.24, 2.45) is 0 Å². The molecule has 9 rings (SSSR count). The van der Waals surface area contributed by atoms with Crippen LogP contribution in [0.5, 0.6) is 23.0 Å². The van der Waals surface area contributed by atoms with E-state index in [2.05, 4.69) is 197 Å². The lowest BCUT2D eigenvalue weighted by molar-refractivity contribution is 0.304. The minimum Gasteiger partial charge on any atom is -0.493 e. The molecule has 5 aliphatic rings. The molecule has 4 aromatic rings. The fourth-order valence-electron chi connectivity index (χ4n) is 9.51. The van der Waals surface area contributed by atoms with Gasteiger partial charge in [-0.05, 0) is 99.9 Å². The number of hydrogen-bond donors (Lipinski definition) is 0. The Hall–Kier alpha value is -7.76. The Labute approximate surface area is 429 Å². The standard InChI is InChI=1S/C68H64O4/c1-5-33-69-65-57-37-53(29-25-49-17-9-10-18-49)38-58(65)46-60-40-55(31-27-51-21-13-14-22-51)42-62(67(60)71-35-7-3)48-64-44-56(32-28-52-23-15-16-24-52)43-63(68(64)72-36-8-4)47-61-41-54(30-26-50-19-11-12-20-50)39-59(45-57)66(61)70-34-6-2/h9-17,19,21,23,37-44H,5-8,18,20,22,24,33-36,45-48H2,1-4H3. The zero-order chi connectivity index (χ0) is 49.5. The van der Waals surface area contributed by atoms with Crippen LogP contribution >= 0.6 is 0 Å². The van der Waals surface area contributed by atoms with Crippen LogP contribution in [-0.2, 0) is 25.7 Å². The third kappa shape index (κ3) is 12.6. The van der Waals surface area contributed by atoms with Gasteiger partial charge in [-0.3, -0.25) is 0 Å². The minimum absolute atomic E-state index is 0.538. The summed E-state index contributed by atoms with van der Waals surface area (Å²) in [6.45, 7) is 10.9. The van der Waals surface area contributed by atoms with Crippen LogP contribution in [0, 0.1) is 47.4 Å². The molecular weight excluding hydrogens is 881 g/mol. The van der Waals surface area contributed by atoms with E-state index in [1.165, 1.54) is 0 Å². The van der Waals surface area contributed by atoms with E-state index in [0.717, 1.165) is 163 Å². The molecule has 0 aromatic heterocycles. The summed E-state index contributed by atoms with van der Waals surface area (Å²) in [6, 6.07) is 17.9. The van der Waals surface area contributed by atoms with E-state index in [9.17, 15) is 0 Å². The van der Waals surface area contributed by atoms with E-state index in [4.69, 9.17) is 18.9 Å². The molecule has 0 spiro atoms. The van der Waals surface area contributed by atoms with Crippen molar-refractivity contribution in [1.82, 2.24) is 0 Å². The average Bonchev–Trinajstić information content (AvgIpc) is 4.26. The van der Waals surface area contributed by atoms with Crippen molar-refractivity contribution < 1.29 is 18.9 Å². The van der Waals surface area contributed by atoms with Crippen molar-refractivity contribution in [3.8, 4) is 70.4 Å². The van der Waals surface area contributed by atoms with E-state index in [0.29, 0.717) is 52.1 Å². The summed E-state index contributed by atoms with van der Waals surface area (Å²) in [6.07, 6.45) is 34.3. The van der Waals surface area contributed by atoms with Crippen molar-refractivity contribution in [1.29, 1.82) is 0 Å². The Morgan fingerprint density at radius 2 is 0.514 bits per heavy atom. The van der Waals surface area contributed by atoms with Crippen molar-refractivity contribution >= 4 is 0 Å². The molecule has 0 amide bonds. The van der Waals surface area contributed by atoms with Crippen LogP contribution in [-0.4, -0.2) is 26.4 Å². The molecule has 0 N–H and O–H groups in total.